The Hall–Kier alpha value is -2.51. The summed E-state index contributed by atoms with van der Waals surface area (Å²) in [5, 5.41) is 3.38. The molecule has 0 radical (unpaired) electrons. The molecule has 8 heteroatoms. The van der Waals surface area contributed by atoms with Crippen molar-refractivity contribution in [2.45, 2.75) is 24.3 Å². The van der Waals surface area contributed by atoms with Crippen LogP contribution < -0.4 is 10.2 Å². The van der Waals surface area contributed by atoms with E-state index in [4.69, 9.17) is 16.3 Å². The van der Waals surface area contributed by atoms with Gasteiger partial charge in [-0.1, -0.05) is 23.7 Å². The van der Waals surface area contributed by atoms with Crippen LogP contribution in [-0.2, 0) is 19.1 Å². The fourth-order valence-corrected chi connectivity index (χ4v) is 3.70. The molecule has 1 aliphatic rings. The summed E-state index contributed by atoms with van der Waals surface area (Å²) < 4.78 is 5.28. The van der Waals surface area contributed by atoms with E-state index in [0.29, 0.717) is 22.2 Å². The van der Waals surface area contributed by atoms with Gasteiger partial charge >= 0.3 is 5.97 Å². The number of carbonyl (C=O) groups excluding carboxylic acids is 3. The molecule has 0 spiro atoms. The van der Waals surface area contributed by atoms with Gasteiger partial charge in [0.2, 0.25) is 5.91 Å². The topological polar surface area (TPSA) is 75.7 Å². The van der Waals surface area contributed by atoms with E-state index in [1.807, 2.05) is 12.1 Å². The number of halogens is 1. The Bertz CT molecular complexity index is 888. The largest absolute Gasteiger partial charge is 0.452 e. The number of rotatable bonds is 6. The van der Waals surface area contributed by atoms with Gasteiger partial charge in [-0.3, -0.25) is 19.3 Å². The molecule has 28 heavy (non-hydrogen) atoms. The number of nitrogens with one attached hydrogen (secondary N) is 1. The lowest BCUT2D eigenvalue weighted by Crippen LogP contribution is -2.47. The average molecular weight is 419 g/mol. The fourth-order valence-electron chi connectivity index (χ4n) is 2.74. The molecule has 0 saturated heterocycles. The number of fused-ring (bicyclic) bond motifs is 1. The highest BCUT2D eigenvalue weighted by Crippen LogP contribution is 2.29. The summed E-state index contributed by atoms with van der Waals surface area (Å²) in [6.07, 6.45) is -0.811. The minimum atomic E-state index is -0.980. The zero-order chi connectivity index (χ0) is 20.1. The van der Waals surface area contributed by atoms with Crippen LogP contribution in [0.25, 0.3) is 0 Å². The van der Waals surface area contributed by atoms with Crippen molar-refractivity contribution in [1.82, 2.24) is 0 Å². The third-order valence-corrected chi connectivity index (χ3v) is 5.35. The Morgan fingerprint density at radius 1 is 1.21 bits per heavy atom. The van der Waals surface area contributed by atoms with Gasteiger partial charge in [-0.05, 0) is 43.3 Å². The van der Waals surface area contributed by atoms with E-state index >= 15 is 0 Å². The van der Waals surface area contributed by atoms with Crippen molar-refractivity contribution < 1.29 is 19.1 Å². The number of thioether (sulfide) groups is 1. The number of hydrogen-bond acceptors (Lipinski definition) is 5. The lowest BCUT2D eigenvalue weighted by atomic mass is 10.1. The van der Waals surface area contributed by atoms with Crippen molar-refractivity contribution in [3.05, 3.63) is 53.6 Å². The normalized spacial score (nSPS) is 14.1. The van der Waals surface area contributed by atoms with Crippen LogP contribution in [0.4, 0.5) is 11.4 Å². The molecule has 2 amide bonds. The molecule has 146 valence electrons. The summed E-state index contributed by atoms with van der Waals surface area (Å²) in [7, 11) is 0. The first-order valence-corrected chi connectivity index (χ1v) is 10.1. The second kappa shape index (κ2) is 9.12. The number of anilines is 2. The smallest absolute Gasteiger partial charge is 0.307 e. The van der Waals surface area contributed by atoms with Crippen LogP contribution in [0.5, 0.6) is 0 Å². The SMILES string of the molecule is CC(OC(=O)CCSc1ccc(Cl)cc1)C(=O)N1CC(=O)Nc2ccccc21. The number of nitrogens with zero attached hydrogens (tertiary/aromatic N) is 1. The highest BCUT2D eigenvalue weighted by molar-refractivity contribution is 7.99. The van der Waals surface area contributed by atoms with Crippen LogP contribution in [0.2, 0.25) is 5.02 Å². The van der Waals surface area contributed by atoms with E-state index < -0.39 is 18.0 Å². The van der Waals surface area contributed by atoms with Crippen LogP contribution in [0.3, 0.4) is 0 Å². The summed E-state index contributed by atoms with van der Waals surface area (Å²) in [5.41, 5.74) is 1.15. The van der Waals surface area contributed by atoms with E-state index in [-0.39, 0.29) is 18.9 Å². The molecule has 3 rings (SSSR count). The Morgan fingerprint density at radius 2 is 1.93 bits per heavy atom. The number of ether oxygens (including phenoxy) is 1. The lowest BCUT2D eigenvalue weighted by molar-refractivity contribution is -0.153. The quantitative estimate of drug-likeness (QED) is 0.571. The van der Waals surface area contributed by atoms with Crippen molar-refractivity contribution in [3.8, 4) is 0 Å². The van der Waals surface area contributed by atoms with Crippen molar-refractivity contribution in [1.29, 1.82) is 0 Å². The molecule has 1 unspecified atom stereocenters. The number of amides is 2. The van der Waals surface area contributed by atoms with Gasteiger partial charge in [-0.2, -0.15) is 0 Å². The Labute approximate surface area is 172 Å². The van der Waals surface area contributed by atoms with Crippen LogP contribution in [0.1, 0.15) is 13.3 Å². The minimum Gasteiger partial charge on any atom is -0.452 e. The van der Waals surface area contributed by atoms with Crippen molar-refractivity contribution in [2.24, 2.45) is 0 Å². The second-order valence-electron chi connectivity index (χ2n) is 6.17. The van der Waals surface area contributed by atoms with Crippen LogP contribution in [0, 0.1) is 0 Å². The third kappa shape index (κ3) is 5.05. The number of carbonyl (C=O) groups is 3. The fraction of sp³-hybridized carbons (Fsp3) is 0.250. The molecule has 1 heterocycles. The van der Waals surface area contributed by atoms with E-state index in [0.717, 1.165) is 4.90 Å². The van der Waals surface area contributed by atoms with E-state index in [9.17, 15) is 14.4 Å². The average Bonchev–Trinajstić information content (AvgIpc) is 2.68. The maximum absolute atomic E-state index is 12.7. The highest BCUT2D eigenvalue weighted by atomic mass is 35.5. The second-order valence-corrected chi connectivity index (χ2v) is 7.78. The Balaban J connectivity index is 1.53. The zero-order valence-corrected chi connectivity index (χ0v) is 16.8. The predicted molar refractivity (Wildman–Crippen MR) is 110 cm³/mol. The minimum absolute atomic E-state index is 0.107. The maximum atomic E-state index is 12.7. The van der Waals surface area contributed by atoms with Gasteiger partial charge in [0.15, 0.2) is 6.10 Å². The molecule has 1 aliphatic heterocycles. The van der Waals surface area contributed by atoms with E-state index in [1.165, 1.54) is 23.6 Å². The van der Waals surface area contributed by atoms with Crippen molar-refractivity contribution >= 4 is 52.5 Å². The van der Waals surface area contributed by atoms with Crippen LogP contribution >= 0.6 is 23.4 Å². The highest BCUT2D eigenvalue weighted by Gasteiger charge is 2.31. The maximum Gasteiger partial charge on any atom is 0.307 e. The molecule has 0 aromatic heterocycles. The number of hydrogen-bond donors (Lipinski definition) is 1. The van der Waals surface area contributed by atoms with Gasteiger partial charge in [-0.25, -0.2) is 0 Å². The number of esters is 1. The number of para-hydroxylation sites is 2. The lowest BCUT2D eigenvalue weighted by Gasteiger charge is -2.30. The zero-order valence-electron chi connectivity index (χ0n) is 15.2. The van der Waals surface area contributed by atoms with E-state index in [1.54, 1.807) is 36.4 Å². The molecule has 1 atom stereocenters. The summed E-state index contributed by atoms with van der Waals surface area (Å²) in [4.78, 5) is 39.0. The summed E-state index contributed by atoms with van der Waals surface area (Å²) in [6.45, 7) is 1.41. The first-order chi connectivity index (χ1) is 13.4. The van der Waals surface area contributed by atoms with E-state index in [2.05, 4.69) is 5.32 Å². The van der Waals surface area contributed by atoms with Crippen LogP contribution in [-0.4, -0.2) is 36.2 Å². The van der Waals surface area contributed by atoms with Gasteiger partial charge < -0.3 is 10.1 Å². The van der Waals surface area contributed by atoms with Gasteiger partial charge in [-0.15, -0.1) is 11.8 Å². The first kappa shape index (κ1) is 20.2. The molecule has 6 nitrogen and oxygen atoms in total. The third-order valence-electron chi connectivity index (χ3n) is 4.08. The molecule has 0 saturated carbocycles. The molecule has 2 aromatic carbocycles. The molecular weight excluding hydrogens is 400 g/mol. The first-order valence-electron chi connectivity index (χ1n) is 8.72. The van der Waals surface area contributed by atoms with Gasteiger partial charge in [0.25, 0.3) is 5.91 Å². The molecule has 2 aromatic rings. The van der Waals surface area contributed by atoms with Crippen LogP contribution in [0.15, 0.2) is 53.4 Å². The molecule has 0 bridgehead atoms. The summed E-state index contributed by atoms with van der Waals surface area (Å²) >= 11 is 7.35. The Kier molecular flexibility index (Phi) is 6.59. The summed E-state index contributed by atoms with van der Waals surface area (Å²) in [5.74, 6) is -0.654. The summed E-state index contributed by atoms with van der Waals surface area (Å²) in [6, 6.07) is 14.3. The van der Waals surface area contributed by atoms with Gasteiger partial charge in [0.05, 0.1) is 17.8 Å². The van der Waals surface area contributed by atoms with Gasteiger partial charge in [0, 0.05) is 15.7 Å². The molecular formula is C20H19ClN2O4S. The number of benzene rings is 2. The molecule has 0 aliphatic carbocycles. The van der Waals surface area contributed by atoms with Crippen molar-refractivity contribution in [3.63, 3.8) is 0 Å². The Morgan fingerprint density at radius 3 is 2.68 bits per heavy atom. The standard InChI is InChI=1S/C20H19ClN2O4S/c1-13(27-19(25)10-11-28-15-8-6-14(21)7-9-15)20(26)23-12-18(24)22-16-4-2-3-5-17(16)23/h2-9,13H,10-12H2,1H3,(H,22,24). The predicted octanol–water partition coefficient (Wildman–Crippen LogP) is 3.74. The monoisotopic (exact) mass is 418 g/mol. The van der Waals surface area contributed by atoms with Gasteiger partial charge in [0.1, 0.15) is 6.54 Å². The molecule has 1 N–H and O–H groups in total. The molecule has 0 fully saturated rings. The van der Waals surface area contributed by atoms with Crippen molar-refractivity contribution in [2.75, 3.05) is 22.5 Å².